The van der Waals surface area contributed by atoms with Crippen LogP contribution in [0.4, 0.5) is 0 Å². The van der Waals surface area contributed by atoms with Crippen LogP contribution in [0.15, 0.2) is 23.0 Å². The Hall–Kier alpha value is -2.58. The number of fused-ring (bicyclic) bond motifs is 2. The molecule has 3 aromatic heterocycles. The summed E-state index contributed by atoms with van der Waals surface area (Å²) in [7, 11) is 0. The number of thiophene rings is 1. The molecule has 0 aliphatic heterocycles. The fourth-order valence-electron chi connectivity index (χ4n) is 3.00. The van der Waals surface area contributed by atoms with Gasteiger partial charge in [-0.2, -0.15) is 0 Å². The number of carbonyl (C=O) groups is 1. The van der Waals surface area contributed by atoms with Gasteiger partial charge in [0.25, 0.3) is 11.5 Å². The third kappa shape index (κ3) is 3.38. The van der Waals surface area contributed by atoms with Gasteiger partial charge in [-0.15, -0.1) is 22.7 Å². The Bertz CT molecular complexity index is 1240. The summed E-state index contributed by atoms with van der Waals surface area (Å²) in [6, 6.07) is 5.53. The molecule has 0 fully saturated rings. The van der Waals surface area contributed by atoms with Crippen molar-refractivity contribution in [2.45, 2.75) is 27.2 Å². The quantitative estimate of drug-likeness (QED) is 0.551. The van der Waals surface area contributed by atoms with Crippen LogP contribution in [-0.4, -0.2) is 27.4 Å². The standard InChI is InChI=1S/C19H18N4O2S2/c1-9-10(2)26-19-16(9)18(25)22-15(23-19)6-7-20-17(24)12-4-5-14-13(8-12)21-11(3)27-14/h4-5,8H,6-7H2,1-3H3,(H,20,24)(H,22,23,25). The molecular weight excluding hydrogens is 380 g/mol. The van der Waals surface area contributed by atoms with Crippen molar-refractivity contribution in [2.24, 2.45) is 0 Å². The highest BCUT2D eigenvalue weighted by Gasteiger charge is 2.12. The number of nitrogens with zero attached hydrogens (tertiary/aromatic N) is 2. The summed E-state index contributed by atoms with van der Waals surface area (Å²) < 4.78 is 1.07. The minimum Gasteiger partial charge on any atom is -0.352 e. The zero-order chi connectivity index (χ0) is 19.1. The van der Waals surface area contributed by atoms with Crippen molar-refractivity contribution in [1.29, 1.82) is 0 Å². The Kier molecular flexibility index (Phi) is 4.53. The van der Waals surface area contributed by atoms with Gasteiger partial charge < -0.3 is 10.3 Å². The molecule has 27 heavy (non-hydrogen) atoms. The summed E-state index contributed by atoms with van der Waals surface area (Å²) in [6.45, 7) is 6.27. The third-order valence-corrected chi connectivity index (χ3v) is 6.55. The maximum absolute atomic E-state index is 12.4. The van der Waals surface area contributed by atoms with E-state index in [2.05, 4.69) is 20.3 Å². The highest BCUT2D eigenvalue weighted by Crippen LogP contribution is 2.25. The topological polar surface area (TPSA) is 87.7 Å². The molecule has 1 aromatic carbocycles. The van der Waals surface area contributed by atoms with Crippen LogP contribution in [0.25, 0.3) is 20.4 Å². The fraction of sp³-hybridized carbons (Fsp3) is 0.263. The maximum atomic E-state index is 12.4. The van der Waals surface area contributed by atoms with Crippen molar-refractivity contribution in [3.05, 3.63) is 55.4 Å². The second kappa shape index (κ2) is 6.86. The van der Waals surface area contributed by atoms with Crippen LogP contribution in [0.3, 0.4) is 0 Å². The van der Waals surface area contributed by atoms with E-state index in [-0.39, 0.29) is 11.5 Å². The van der Waals surface area contributed by atoms with Crippen molar-refractivity contribution in [2.75, 3.05) is 6.54 Å². The first-order valence-corrected chi connectivity index (χ1v) is 10.2. The van der Waals surface area contributed by atoms with Crippen LogP contribution in [0.2, 0.25) is 0 Å². The van der Waals surface area contributed by atoms with Crippen LogP contribution in [0, 0.1) is 20.8 Å². The number of thiazole rings is 1. The van der Waals surface area contributed by atoms with Crippen LogP contribution in [0.1, 0.15) is 31.6 Å². The Balaban J connectivity index is 1.46. The minimum absolute atomic E-state index is 0.118. The molecule has 0 saturated carbocycles. The van der Waals surface area contributed by atoms with Gasteiger partial charge in [0.05, 0.1) is 20.6 Å². The number of amides is 1. The first kappa shape index (κ1) is 17.8. The van der Waals surface area contributed by atoms with E-state index in [4.69, 9.17) is 0 Å². The lowest BCUT2D eigenvalue weighted by molar-refractivity contribution is 0.0954. The van der Waals surface area contributed by atoms with Gasteiger partial charge in [0.1, 0.15) is 10.7 Å². The molecule has 2 N–H and O–H groups in total. The van der Waals surface area contributed by atoms with Gasteiger partial charge in [-0.3, -0.25) is 9.59 Å². The van der Waals surface area contributed by atoms with Crippen molar-refractivity contribution in [1.82, 2.24) is 20.3 Å². The summed E-state index contributed by atoms with van der Waals surface area (Å²) in [6.07, 6.45) is 0.463. The average Bonchev–Trinajstić information content (AvgIpc) is 3.13. The zero-order valence-corrected chi connectivity index (χ0v) is 16.8. The summed E-state index contributed by atoms with van der Waals surface area (Å²) in [5.41, 5.74) is 2.28. The van der Waals surface area contributed by atoms with Gasteiger partial charge >= 0.3 is 0 Å². The zero-order valence-electron chi connectivity index (χ0n) is 15.2. The SMILES string of the molecule is Cc1nc2cc(C(=O)NCCc3nc4sc(C)c(C)c4c(=O)[nH]3)ccc2s1. The second-order valence-electron chi connectivity index (χ2n) is 6.40. The lowest BCUT2D eigenvalue weighted by atomic mass is 10.2. The first-order valence-electron chi connectivity index (χ1n) is 8.56. The molecule has 138 valence electrons. The lowest BCUT2D eigenvalue weighted by Gasteiger charge is -2.05. The molecule has 4 rings (SSSR count). The van der Waals surface area contributed by atoms with E-state index in [0.717, 1.165) is 30.5 Å². The molecule has 8 heteroatoms. The fourth-order valence-corrected chi connectivity index (χ4v) is 4.85. The molecule has 0 atom stereocenters. The summed E-state index contributed by atoms with van der Waals surface area (Å²) >= 11 is 3.13. The van der Waals surface area contributed by atoms with Crippen molar-refractivity contribution in [3.8, 4) is 0 Å². The Morgan fingerprint density at radius 1 is 1.19 bits per heavy atom. The van der Waals surface area contributed by atoms with E-state index >= 15 is 0 Å². The number of aromatic amines is 1. The number of nitrogens with one attached hydrogen (secondary N) is 2. The molecule has 3 heterocycles. The monoisotopic (exact) mass is 398 g/mol. The van der Waals surface area contributed by atoms with Gasteiger partial charge in [-0.25, -0.2) is 9.97 Å². The molecule has 4 aromatic rings. The van der Waals surface area contributed by atoms with Gasteiger partial charge in [0.15, 0.2) is 0 Å². The van der Waals surface area contributed by atoms with E-state index in [1.54, 1.807) is 23.5 Å². The Labute approximate surface area is 163 Å². The number of rotatable bonds is 4. The minimum atomic E-state index is -0.159. The molecule has 0 spiro atoms. The number of benzene rings is 1. The highest BCUT2D eigenvalue weighted by atomic mass is 32.1. The van der Waals surface area contributed by atoms with Gasteiger partial charge in [0.2, 0.25) is 0 Å². The predicted molar refractivity (Wildman–Crippen MR) is 110 cm³/mol. The molecule has 0 aliphatic rings. The van der Waals surface area contributed by atoms with Crippen LogP contribution in [-0.2, 0) is 6.42 Å². The number of carbonyl (C=O) groups excluding carboxylic acids is 1. The van der Waals surface area contributed by atoms with Crippen molar-refractivity contribution >= 4 is 49.0 Å². The van der Waals surface area contributed by atoms with Gasteiger partial charge in [-0.05, 0) is 44.5 Å². The van der Waals surface area contributed by atoms with Crippen LogP contribution < -0.4 is 10.9 Å². The predicted octanol–water partition coefficient (Wildman–Crippen LogP) is 3.49. The summed E-state index contributed by atoms with van der Waals surface area (Å²) in [5.74, 6) is 0.424. The van der Waals surface area contributed by atoms with E-state index in [9.17, 15) is 9.59 Å². The molecule has 0 unspecified atom stereocenters. The largest absolute Gasteiger partial charge is 0.352 e. The van der Waals surface area contributed by atoms with E-state index in [0.29, 0.717) is 29.7 Å². The van der Waals surface area contributed by atoms with E-state index in [1.165, 1.54) is 11.3 Å². The molecule has 0 saturated heterocycles. The van der Waals surface area contributed by atoms with Crippen molar-refractivity contribution < 1.29 is 4.79 Å². The Morgan fingerprint density at radius 3 is 2.81 bits per heavy atom. The number of hydrogen-bond acceptors (Lipinski definition) is 6. The highest BCUT2D eigenvalue weighted by molar-refractivity contribution is 7.19. The summed E-state index contributed by atoms with van der Waals surface area (Å²) in [5, 5.41) is 4.52. The Morgan fingerprint density at radius 2 is 2.00 bits per heavy atom. The number of hydrogen-bond donors (Lipinski definition) is 2. The van der Waals surface area contributed by atoms with Crippen molar-refractivity contribution in [3.63, 3.8) is 0 Å². The smallest absolute Gasteiger partial charge is 0.259 e. The molecule has 1 amide bonds. The van der Waals surface area contributed by atoms with E-state index in [1.807, 2.05) is 26.8 Å². The number of aromatic nitrogens is 3. The van der Waals surface area contributed by atoms with Gasteiger partial charge in [-0.1, -0.05) is 0 Å². The molecule has 0 aliphatic carbocycles. The second-order valence-corrected chi connectivity index (χ2v) is 8.84. The molecule has 6 nitrogen and oxygen atoms in total. The lowest BCUT2D eigenvalue weighted by Crippen LogP contribution is -2.26. The normalized spacial score (nSPS) is 11.4. The van der Waals surface area contributed by atoms with Gasteiger partial charge in [0, 0.05) is 23.4 Å². The average molecular weight is 399 g/mol. The molecule has 0 bridgehead atoms. The van der Waals surface area contributed by atoms with E-state index < -0.39 is 0 Å². The van der Waals surface area contributed by atoms with Crippen LogP contribution >= 0.6 is 22.7 Å². The first-order chi connectivity index (χ1) is 12.9. The van der Waals surface area contributed by atoms with Crippen LogP contribution in [0.5, 0.6) is 0 Å². The maximum Gasteiger partial charge on any atom is 0.259 e. The summed E-state index contributed by atoms with van der Waals surface area (Å²) in [4.78, 5) is 38.3. The number of H-pyrrole nitrogens is 1. The molecular formula is C19H18N4O2S2. The number of aryl methyl sites for hydroxylation is 3. The third-order valence-electron chi connectivity index (χ3n) is 4.49. The molecule has 0 radical (unpaired) electrons.